The SMILES string of the molecule is O=C(CCOc1ccccc1)N1CCN(C(=O)C2CCCC2)CC1. The van der Waals surface area contributed by atoms with Crippen molar-refractivity contribution in [3.05, 3.63) is 30.3 Å². The zero-order valence-electron chi connectivity index (χ0n) is 14.2. The molecule has 24 heavy (non-hydrogen) atoms. The van der Waals surface area contributed by atoms with E-state index in [1.807, 2.05) is 40.1 Å². The Morgan fingerprint density at radius 1 is 0.958 bits per heavy atom. The van der Waals surface area contributed by atoms with Crippen LogP contribution < -0.4 is 4.74 Å². The van der Waals surface area contributed by atoms with Gasteiger partial charge in [-0.25, -0.2) is 0 Å². The van der Waals surface area contributed by atoms with Crippen molar-refractivity contribution >= 4 is 11.8 Å². The second-order valence-electron chi connectivity index (χ2n) is 6.60. The minimum atomic E-state index is 0.110. The van der Waals surface area contributed by atoms with Gasteiger partial charge in [0.05, 0.1) is 13.0 Å². The molecule has 5 heteroatoms. The first-order valence-electron chi connectivity index (χ1n) is 8.98. The molecule has 2 aliphatic rings. The van der Waals surface area contributed by atoms with Crippen LogP contribution in [-0.4, -0.2) is 54.4 Å². The molecular weight excluding hydrogens is 304 g/mol. The summed E-state index contributed by atoms with van der Waals surface area (Å²) in [5, 5.41) is 0. The number of amides is 2. The largest absolute Gasteiger partial charge is 0.493 e. The molecule has 0 atom stereocenters. The van der Waals surface area contributed by atoms with Crippen LogP contribution >= 0.6 is 0 Å². The molecule has 0 unspecified atom stereocenters. The van der Waals surface area contributed by atoms with E-state index < -0.39 is 0 Å². The first-order chi connectivity index (χ1) is 11.7. The van der Waals surface area contributed by atoms with Crippen LogP contribution in [0.5, 0.6) is 5.75 Å². The van der Waals surface area contributed by atoms with Crippen molar-refractivity contribution in [3.8, 4) is 5.75 Å². The van der Waals surface area contributed by atoms with Gasteiger partial charge in [-0.05, 0) is 25.0 Å². The summed E-state index contributed by atoms with van der Waals surface area (Å²) in [6.45, 7) is 3.01. The van der Waals surface area contributed by atoms with Crippen LogP contribution in [0.3, 0.4) is 0 Å². The third kappa shape index (κ3) is 4.28. The normalized spacial score (nSPS) is 18.7. The highest BCUT2D eigenvalue weighted by atomic mass is 16.5. The van der Waals surface area contributed by atoms with Crippen molar-refractivity contribution in [2.75, 3.05) is 32.8 Å². The number of ether oxygens (including phenoxy) is 1. The lowest BCUT2D eigenvalue weighted by Gasteiger charge is -2.36. The fourth-order valence-electron chi connectivity index (χ4n) is 3.54. The molecule has 1 heterocycles. The molecule has 2 fully saturated rings. The maximum absolute atomic E-state index is 12.4. The Morgan fingerprint density at radius 3 is 2.25 bits per heavy atom. The van der Waals surface area contributed by atoms with E-state index in [-0.39, 0.29) is 11.8 Å². The lowest BCUT2D eigenvalue weighted by atomic mass is 10.1. The average molecular weight is 330 g/mol. The van der Waals surface area contributed by atoms with E-state index in [9.17, 15) is 9.59 Å². The molecule has 1 aromatic rings. The molecule has 0 N–H and O–H groups in total. The molecule has 1 aliphatic heterocycles. The molecular formula is C19H26N2O3. The fraction of sp³-hybridized carbons (Fsp3) is 0.579. The second kappa shape index (κ2) is 8.18. The molecule has 1 saturated heterocycles. The van der Waals surface area contributed by atoms with Gasteiger partial charge >= 0.3 is 0 Å². The highest BCUT2D eigenvalue weighted by molar-refractivity contribution is 5.80. The monoisotopic (exact) mass is 330 g/mol. The van der Waals surface area contributed by atoms with Crippen LogP contribution in [0.1, 0.15) is 32.1 Å². The van der Waals surface area contributed by atoms with Crippen molar-refractivity contribution in [1.82, 2.24) is 9.80 Å². The van der Waals surface area contributed by atoms with Crippen molar-refractivity contribution in [2.24, 2.45) is 5.92 Å². The molecule has 2 amide bonds. The summed E-state index contributed by atoms with van der Waals surface area (Å²) in [7, 11) is 0. The number of piperazine rings is 1. The Kier molecular flexibility index (Phi) is 5.72. The fourth-order valence-corrected chi connectivity index (χ4v) is 3.54. The number of benzene rings is 1. The molecule has 1 aromatic carbocycles. The Balaban J connectivity index is 1.38. The summed E-state index contributed by atoms with van der Waals surface area (Å²) in [6.07, 6.45) is 4.81. The highest BCUT2D eigenvalue weighted by Gasteiger charge is 2.30. The van der Waals surface area contributed by atoms with Gasteiger partial charge in [0, 0.05) is 32.1 Å². The van der Waals surface area contributed by atoms with Gasteiger partial charge in [-0.1, -0.05) is 31.0 Å². The third-order valence-electron chi connectivity index (χ3n) is 4.98. The predicted molar refractivity (Wildman–Crippen MR) is 91.7 cm³/mol. The minimum Gasteiger partial charge on any atom is -0.493 e. The van der Waals surface area contributed by atoms with Gasteiger partial charge in [0.1, 0.15) is 5.75 Å². The molecule has 1 saturated carbocycles. The van der Waals surface area contributed by atoms with E-state index in [0.29, 0.717) is 45.1 Å². The van der Waals surface area contributed by atoms with E-state index >= 15 is 0 Å². The van der Waals surface area contributed by atoms with Crippen LogP contribution in [0.15, 0.2) is 30.3 Å². The van der Waals surface area contributed by atoms with Crippen molar-refractivity contribution in [2.45, 2.75) is 32.1 Å². The summed E-state index contributed by atoms with van der Waals surface area (Å²) in [4.78, 5) is 28.5. The van der Waals surface area contributed by atoms with E-state index in [4.69, 9.17) is 4.74 Å². The third-order valence-corrected chi connectivity index (χ3v) is 4.98. The van der Waals surface area contributed by atoms with Gasteiger partial charge in [0.25, 0.3) is 0 Å². The van der Waals surface area contributed by atoms with Gasteiger partial charge in [-0.15, -0.1) is 0 Å². The lowest BCUT2D eigenvalue weighted by molar-refractivity contribution is -0.142. The van der Waals surface area contributed by atoms with Crippen LogP contribution in [0.4, 0.5) is 0 Å². The van der Waals surface area contributed by atoms with E-state index in [0.717, 1.165) is 18.6 Å². The molecule has 3 rings (SSSR count). The summed E-state index contributed by atoms with van der Waals surface area (Å²) >= 11 is 0. The number of hydrogen-bond donors (Lipinski definition) is 0. The zero-order chi connectivity index (χ0) is 16.8. The Bertz CT molecular complexity index is 547. The van der Waals surface area contributed by atoms with Gasteiger partial charge in [-0.3, -0.25) is 9.59 Å². The number of carbonyl (C=O) groups excluding carboxylic acids is 2. The van der Waals surface area contributed by atoms with Gasteiger partial charge in [0.2, 0.25) is 11.8 Å². The van der Waals surface area contributed by atoms with Crippen molar-refractivity contribution in [1.29, 1.82) is 0 Å². The molecule has 0 radical (unpaired) electrons. The average Bonchev–Trinajstić information content (AvgIpc) is 3.17. The van der Waals surface area contributed by atoms with Crippen LogP contribution in [0.2, 0.25) is 0 Å². The van der Waals surface area contributed by atoms with Crippen LogP contribution in [-0.2, 0) is 9.59 Å². The molecule has 0 bridgehead atoms. The smallest absolute Gasteiger partial charge is 0.226 e. The van der Waals surface area contributed by atoms with Crippen molar-refractivity contribution < 1.29 is 14.3 Å². The first-order valence-corrected chi connectivity index (χ1v) is 8.98. The Labute approximate surface area is 143 Å². The highest BCUT2D eigenvalue weighted by Crippen LogP contribution is 2.26. The molecule has 0 aromatic heterocycles. The van der Waals surface area contributed by atoms with Crippen LogP contribution in [0, 0.1) is 5.92 Å². The summed E-state index contributed by atoms with van der Waals surface area (Å²) in [5.41, 5.74) is 0. The standard InChI is InChI=1S/C19H26N2O3/c22-18(10-15-24-17-8-2-1-3-9-17)20-11-13-21(14-12-20)19(23)16-6-4-5-7-16/h1-3,8-9,16H,4-7,10-15H2. The van der Waals surface area contributed by atoms with Crippen LogP contribution in [0.25, 0.3) is 0 Å². The molecule has 5 nitrogen and oxygen atoms in total. The van der Waals surface area contributed by atoms with Gasteiger partial charge in [-0.2, -0.15) is 0 Å². The van der Waals surface area contributed by atoms with E-state index in [1.165, 1.54) is 12.8 Å². The molecule has 1 aliphatic carbocycles. The molecule has 130 valence electrons. The maximum Gasteiger partial charge on any atom is 0.226 e. The predicted octanol–water partition coefficient (Wildman–Crippen LogP) is 2.32. The zero-order valence-corrected chi connectivity index (χ0v) is 14.2. The van der Waals surface area contributed by atoms with E-state index in [1.54, 1.807) is 0 Å². The first kappa shape index (κ1) is 16.8. The van der Waals surface area contributed by atoms with E-state index in [2.05, 4.69) is 0 Å². The van der Waals surface area contributed by atoms with Gasteiger partial charge < -0.3 is 14.5 Å². The number of hydrogen-bond acceptors (Lipinski definition) is 3. The summed E-state index contributed by atoms with van der Waals surface area (Å²) in [6, 6.07) is 9.54. The molecule has 0 spiro atoms. The Hall–Kier alpha value is -2.04. The Morgan fingerprint density at radius 2 is 1.58 bits per heavy atom. The number of carbonyl (C=O) groups is 2. The topological polar surface area (TPSA) is 49.9 Å². The van der Waals surface area contributed by atoms with Gasteiger partial charge in [0.15, 0.2) is 0 Å². The quantitative estimate of drug-likeness (QED) is 0.832. The lowest BCUT2D eigenvalue weighted by Crippen LogP contribution is -2.51. The minimum absolute atomic E-state index is 0.110. The summed E-state index contributed by atoms with van der Waals surface area (Å²) in [5.74, 6) is 1.43. The maximum atomic E-state index is 12.4. The number of rotatable bonds is 5. The summed E-state index contributed by atoms with van der Waals surface area (Å²) < 4.78 is 5.58. The second-order valence-corrected chi connectivity index (χ2v) is 6.60. The number of nitrogens with zero attached hydrogens (tertiary/aromatic N) is 2. The van der Waals surface area contributed by atoms with Crippen molar-refractivity contribution in [3.63, 3.8) is 0 Å². The number of para-hydroxylation sites is 1.